The highest BCUT2D eigenvalue weighted by molar-refractivity contribution is 5.39. The molecule has 5 nitrogen and oxygen atoms in total. The average molecular weight is 231 g/mol. The van der Waals surface area contributed by atoms with E-state index in [9.17, 15) is 0 Å². The van der Waals surface area contributed by atoms with Gasteiger partial charge in [-0.25, -0.2) is 0 Å². The van der Waals surface area contributed by atoms with Crippen molar-refractivity contribution in [3.8, 4) is 0 Å². The third-order valence-electron chi connectivity index (χ3n) is 3.11. The summed E-state index contributed by atoms with van der Waals surface area (Å²) < 4.78 is 3.73. The van der Waals surface area contributed by atoms with Crippen LogP contribution in [0.15, 0.2) is 18.3 Å². The first-order valence-electron chi connectivity index (χ1n) is 5.99. The van der Waals surface area contributed by atoms with Crippen molar-refractivity contribution in [2.75, 3.05) is 5.32 Å². The zero-order valence-corrected chi connectivity index (χ0v) is 10.2. The van der Waals surface area contributed by atoms with E-state index in [0.717, 1.165) is 18.1 Å². The van der Waals surface area contributed by atoms with Gasteiger partial charge in [0, 0.05) is 32.3 Å². The van der Waals surface area contributed by atoms with Crippen molar-refractivity contribution in [2.45, 2.75) is 25.3 Å². The van der Waals surface area contributed by atoms with E-state index in [-0.39, 0.29) is 0 Å². The molecule has 1 fully saturated rings. The highest BCUT2D eigenvalue weighted by Crippen LogP contribution is 2.39. The Hall–Kier alpha value is -1.78. The van der Waals surface area contributed by atoms with Crippen LogP contribution in [0.3, 0.4) is 0 Å². The summed E-state index contributed by atoms with van der Waals surface area (Å²) in [6.45, 7) is 0.741. The van der Waals surface area contributed by atoms with Gasteiger partial charge in [0.15, 0.2) is 0 Å². The predicted molar refractivity (Wildman–Crippen MR) is 65.7 cm³/mol. The molecule has 0 unspecified atom stereocenters. The number of hydrogen-bond donors (Lipinski definition) is 1. The lowest BCUT2D eigenvalue weighted by Crippen LogP contribution is -2.05. The SMILES string of the molecule is Cn1ccc(CNc2cc(C3CC3)nn2C)n1. The molecule has 2 heterocycles. The topological polar surface area (TPSA) is 47.7 Å². The Balaban J connectivity index is 1.68. The molecule has 1 saturated carbocycles. The van der Waals surface area contributed by atoms with Gasteiger partial charge in [-0.05, 0) is 18.9 Å². The minimum absolute atomic E-state index is 0.701. The molecule has 2 aromatic heterocycles. The van der Waals surface area contributed by atoms with Crippen LogP contribution in [-0.4, -0.2) is 19.6 Å². The zero-order chi connectivity index (χ0) is 11.8. The molecule has 0 aromatic carbocycles. The van der Waals surface area contributed by atoms with Crippen LogP contribution in [0.4, 0.5) is 5.82 Å². The van der Waals surface area contributed by atoms with Crippen LogP contribution in [-0.2, 0) is 20.6 Å². The maximum atomic E-state index is 4.52. The summed E-state index contributed by atoms with van der Waals surface area (Å²) in [4.78, 5) is 0. The lowest BCUT2D eigenvalue weighted by molar-refractivity contribution is 0.733. The number of rotatable bonds is 4. The fraction of sp³-hybridized carbons (Fsp3) is 0.500. The van der Waals surface area contributed by atoms with Gasteiger partial charge in [0.2, 0.25) is 0 Å². The summed E-state index contributed by atoms with van der Waals surface area (Å²) in [7, 11) is 3.91. The molecule has 1 aliphatic carbocycles. The van der Waals surface area contributed by atoms with Gasteiger partial charge < -0.3 is 5.32 Å². The van der Waals surface area contributed by atoms with Gasteiger partial charge in [0.1, 0.15) is 5.82 Å². The van der Waals surface area contributed by atoms with Crippen molar-refractivity contribution >= 4 is 5.82 Å². The summed E-state index contributed by atoms with van der Waals surface area (Å²) in [5.41, 5.74) is 2.26. The smallest absolute Gasteiger partial charge is 0.124 e. The van der Waals surface area contributed by atoms with E-state index >= 15 is 0 Å². The van der Waals surface area contributed by atoms with Gasteiger partial charge in [0.25, 0.3) is 0 Å². The fourth-order valence-corrected chi connectivity index (χ4v) is 1.97. The van der Waals surface area contributed by atoms with Crippen molar-refractivity contribution in [1.82, 2.24) is 19.6 Å². The van der Waals surface area contributed by atoms with Crippen LogP contribution >= 0.6 is 0 Å². The third kappa shape index (κ3) is 2.18. The molecular weight excluding hydrogens is 214 g/mol. The average Bonchev–Trinajstić information content (AvgIpc) is 2.97. The summed E-state index contributed by atoms with van der Waals surface area (Å²) in [5, 5.41) is 12.2. The maximum absolute atomic E-state index is 4.52. The van der Waals surface area contributed by atoms with E-state index < -0.39 is 0 Å². The monoisotopic (exact) mass is 231 g/mol. The number of hydrogen-bond acceptors (Lipinski definition) is 3. The lowest BCUT2D eigenvalue weighted by Gasteiger charge is -2.03. The number of nitrogens with one attached hydrogen (secondary N) is 1. The molecule has 17 heavy (non-hydrogen) atoms. The second-order valence-electron chi connectivity index (χ2n) is 4.69. The molecule has 5 heteroatoms. The first-order valence-corrected chi connectivity index (χ1v) is 5.99. The molecule has 0 radical (unpaired) electrons. The first kappa shape index (κ1) is 10.4. The number of anilines is 1. The Morgan fingerprint density at radius 2 is 2.18 bits per heavy atom. The Morgan fingerprint density at radius 3 is 2.82 bits per heavy atom. The van der Waals surface area contributed by atoms with Gasteiger partial charge in [0.05, 0.1) is 17.9 Å². The van der Waals surface area contributed by atoms with E-state index in [1.165, 1.54) is 18.5 Å². The summed E-state index contributed by atoms with van der Waals surface area (Å²) in [6, 6.07) is 4.17. The predicted octanol–water partition coefficient (Wildman–Crippen LogP) is 1.64. The van der Waals surface area contributed by atoms with Crippen LogP contribution < -0.4 is 5.32 Å². The first-order chi connectivity index (χ1) is 8.22. The quantitative estimate of drug-likeness (QED) is 0.870. The zero-order valence-electron chi connectivity index (χ0n) is 10.2. The van der Waals surface area contributed by atoms with Gasteiger partial charge in [-0.15, -0.1) is 0 Å². The van der Waals surface area contributed by atoms with Crippen molar-refractivity contribution in [3.63, 3.8) is 0 Å². The molecule has 0 bridgehead atoms. The largest absolute Gasteiger partial charge is 0.365 e. The highest BCUT2D eigenvalue weighted by Gasteiger charge is 2.26. The minimum atomic E-state index is 0.701. The number of nitrogens with zero attached hydrogens (tertiary/aromatic N) is 4. The van der Waals surface area contributed by atoms with Gasteiger partial charge in [-0.3, -0.25) is 9.36 Å². The summed E-state index contributed by atoms with van der Waals surface area (Å²) >= 11 is 0. The third-order valence-corrected chi connectivity index (χ3v) is 3.11. The molecule has 0 atom stereocenters. The summed E-state index contributed by atoms with van der Waals surface area (Å²) in [5.74, 6) is 1.77. The van der Waals surface area contributed by atoms with E-state index in [0.29, 0.717) is 5.92 Å². The van der Waals surface area contributed by atoms with Gasteiger partial charge >= 0.3 is 0 Å². The van der Waals surface area contributed by atoms with E-state index in [4.69, 9.17) is 0 Å². The Morgan fingerprint density at radius 1 is 1.35 bits per heavy atom. The molecule has 2 aromatic rings. The van der Waals surface area contributed by atoms with Crippen molar-refractivity contribution in [1.29, 1.82) is 0 Å². The van der Waals surface area contributed by atoms with Crippen LogP contribution in [0.5, 0.6) is 0 Å². The minimum Gasteiger partial charge on any atom is -0.365 e. The van der Waals surface area contributed by atoms with Crippen LogP contribution in [0.25, 0.3) is 0 Å². The molecule has 1 aliphatic rings. The van der Waals surface area contributed by atoms with Crippen LogP contribution in [0, 0.1) is 0 Å². The van der Waals surface area contributed by atoms with Crippen LogP contribution in [0.1, 0.15) is 30.1 Å². The van der Waals surface area contributed by atoms with Gasteiger partial charge in [-0.2, -0.15) is 10.2 Å². The van der Waals surface area contributed by atoms with Crippen molar-refractivity contribution < 1.29 is 0 Å². The number of aryl methyl sites for hydroxylation is 2. The molecular formula is C12H17N5. The normalized spacial score (nSPS) is 15.2. The van der Waals surface area contributed by atoms with E-state index in [1.54, 1.807) is 0 Å². The summed E-state index contributed by atoms with van der Waals surface area (Å²) in [6.07, 6.45) is 4.53. The lowest BCUT2D eigenvalue weighted by atomic mass is 10.3. The highest BCUT2D eigenvalue weighted by atomic mass is 15.3. The van der Waals surface area contributed by atoms with Crippen LogP contribution in [0.2, 0.25) is 0 Å². The second-order valence-corrected chi connectivity index (χ2v) is 4.69. The Labute approximate surface area is 100 Å². The number of aromatic nitrogens is 4. The van der Waals surface area contributed by atoms with Gasteiger partial charge in [-0.1, -0.05) is 0 Å². The standard InChI is InChI=1S/C12H17N5/c1-16-6-5-10(14-16)8-13-12-7-11(9-3-4-9)15-17(12)2/h5-7,9,13H,3-4,8H2,1-2H3. The van der Waals surface area contributed by atoms with Crippen molar-refractivity contribution in [2.24, 2.45) is 14.1 Å². The molecule has 0 aliphatic heterocycles. The van der Waals surface area contributed by atoms with Crippen molar-refractivity contribution in [3.05, 3.63) is 29.7 Å². The molecule has 1 N–H and O–H groups in total. The molecule has 3 rings (SSSR count). The second kappa shape index (κ2) is 3.91. The molecule has 90 valence electrons. The molecule has 0 spiro atoms. The van der Waals surface area contributed by atoms with E-state index in [1.807, 2.05) is 35.7 Å². The fourth-order valence-electron chi connectivity index (χ4n) is 1.97. The molecule has 0 saturated heterocycles. The van der Waals surface area contributed by atoms with E-state index in [2.05, 4.69) is 21.6 Å². The molecule has 0 amide bonds. The maximum Gasteiger partial charge on any atom is 0.124 e. The Bertz CT molecular complexity index is 521. The Kier molecular flexibility index (Phi) is 2.39.